The Labute approximate surface area is 175 Å². The zero-order valence-electron chi connectivity index (χ0n) is 17.1. The number of nitrogens with zero attached hydrogens (tertiary/aromatic N) is 4. The molecule has 1 aliphatic heterocycles. The van der Waals surface area contributed by atoms with Crippen molar-refractivity contribution in [3.05, 3.63) is 28.3 Å². The lowest BCUT2D eigenvalue weighted by Crippen LogP contribution is -2.39. The van der Waals surface area contributed by atoms with Crippen LogP contribution in [0.5, 0.6) is 0 Å². The SMILES string of the molecule is CC(C)c1nc(C(=O)N2CCC(n3nccc3NC(=O)C3CCCC3)CC2)cs1. The second-order valence-electron chi connectivity index (χ2n) is 8.38. The van der Waals surface area contributed by atoms with Crippen LogP contribution >= 0.6 is 11.3 Å². The normalized spacial score (nSPS) is 18.5. The lowest BCUT2D eigenvalue weighted by atomic mass is 10.0. The first-order valence-electron chi connectivity index (χ1n) is 10.6. The van der Waals surface area contributed by atoms with Gasteiger partial charge in [-0.3, -0.25) is 9.59 Å². The third-order valence-electron chi connectivity index (χ3n) is 5.98. The monoisotopic (exact) mass is 415 g/mol. The van der Waals surface area contributed by atoms with Gasteiger partial charge in [0.1, 0.15) is 11.5 Å². The zero-order chi connectivity index (χ0) is 20.4. The molecule has 2 aliphatic rings. The third-order valence-corrected chi connectivity index (χ3v) is 7.13. The van der Waals surface area contributed by atoms with Crippen molar-refractivity contribution in [1.29, 1.82) is 0 Å². The highest BCUT2D eigenvalue weighted by molar-refractivity contribution is 7.09. The number of likely N-dealkylation sites (tertiary alicyclic amines) is 1. The summed E-state index contributed by atoms with van der Waals surface area (Å²) in [5.74, 6) is 1.37. The molecule has 3 heterocycles. The number of aromatic nitrogens is 3. The quantitative estimate of drug-likeness (QED) is 0.798. The van der Waals surface area contributed by atoms with Crippen molar-refractivity contribution in [2.75, 3.05) is 18.4 Å². The molecule has 0 atom stereocenters. The summed E-state index contributed by atoms with van der Waals surface area (Å²) in [7, 11) is 0. The Kier molecular flexibility index (Phi) is 5.99. The summed E-state index contributed by atoms with van der Waals surface area (Å²) in [5.41, 5.74) is 0.556. The Bertz CT molecular complexity index is 860. The number of nitrogens with one attached hydrogen (secondary N) is 1. The lowest BCUT2D eigenvalue weighted by Gasteiger charge is -2.32. The van der Waals surface area contributed by atoms with Gasteiger partial charge in [0.2, 0.25) is 5.91 Å². The molecule has 7 nitrogen and oxygen atoms in total. The molecule has 29 heavy (non-hydrogen) atoms. The van der Waals surface area contributed by atoms with Gasteiger partial charge in [-0.2, -0.15) is 5.10 Å². The van der Waals surface area contributed by atoms with Gasteiger partial charge in [-0.05, 0) is 25.7 Å². The number of amides is 2. The molecule has 4 rings (SSSR count). The maximum atomic E-state index is 12.8. The van der Waals surface area contributed by atoms with Crippen LogP contribution in [0.15, 0.2) is 17.6 Å². The maximum absolute atomic E-state index is 12.8. The molecule has 0 spiro atoms. The van der Waals surface area contributed by atoms with E-state index in [1.807, 2.05) is 21.0 Å². The molecule has 156 valence electrons. The van der Waals surface area contributed by atoms with E-state index in [2.05, 4.69) is 29.2 Å². The van der Waals surface area contributed by atoms with Gasteiger partial charge in [0, 0.05) is 36.4 Å². The fourth-order valence-corrected chi connectivity index (χ4v) is 5.06. The smallest absolute Gasteiger partial charge is 0.273 e. The summed E-state index contributed by atoms with van der Waals surface area (Å²) in [6.45, 7) is 5.53. The van der Waals surface area contributed by atoms with Crippen molar-refractivity contribution in [3.8, 4) is 0 Å². The van der Waals surface area contributed by atoms with Crippen LogP contribution in [0, 0.1) is 5.92 Å². The molecule has 1 aliphatic carbocycles. The fraction of sp³-hybridized carbons (Fsp3) is 0.619. The van der Waals surface area contributed by atoms with Gasteiger partial charge in [0.05, 0.1) is 17.2 Å². The summed E-state index contributed by atoms with van der Waals surface area (Å²) in [6.07, 6.45) is 7.63. The van der Waals surface area contributed by atoms with Crippen LogP contribution < -0.4 is 5.32 Å². The number of anilines is 1. The summed E-state index contributed by atoms with van der Waals surface area (Å²) in [4.78, 5) is 31.6. The van der Waals surface area contributed by atoms with Crippen LogP contribution in [0.2, 0.25) is 0 Å². The highest BCUT2D eigenvalue weighted by atomic mass is 32.1. The van der Waals surface area contributed by atoms with Crippen molar-refractivity contribution >= 4 is 29.0 Å². The number of piperidine rings is 1. The van der Waals surface area contributed by atoms with E-state index in [1.165, 1.54) is 0 Å². The minimum Gasteiger partial charge on any atom is -0.337 e. The Morgan fingerprint density at radius 1 is 1.17 bits per heavy atom. The molecule has 1 N–H and O–H groups in total. The average Bonchev–Trinajstić information content (AvgIpc) is 3.48. The van der Waals surface area contributed by atoms with Gasteiger partial charge in [-0.1, -0.05) is 26.7 Å². The second kappa shape index (κ2) is 8.65. The summed E-state index contributed by atoms with van der Waals surface area (Å²) >= 11 is 1.55. The average molecular weight is 416 g/mol. The van der Waals surface area contributed by atoms with E-state index in [0.717, 1.165) is 49.4 Å². The molecule has 0 bridgehead atoms. The first kappa shape index (κ1) is 20.1. The standard InChI is InChI=1S/C21H29N5O2S/c1-14(2)20-23-17(13-29-20)21(28)25-11-8-16(9-12-25)26-18(7-10-22-26)24-19(27)15-5-3-4-6-15/h7,10,13-16H,3-6,8-9,11-12H2,1-2H3,(H,24,27). The van der Waals surface area contributed by atoms with Crippen molar-refractivity contribution in [2.24, 2.45) is 5.92 Å². The Morgan fingerprint density at radius 2 is 1.90 bits per heavy atom. The third kappa shape index (κ3) is 4.37. The van der Waals surface area contributed by atoms with E-state index < -0.39 is 0 Å². The Balaban J connectivity index is 1.35. The van der Waals surface area contributed by atoms with Crippen molar-refractivity contribution in [3.63, 3.8) is 0 Å². The molecule has 0 radical (unpaired) electrons. The van der Waals surface area contributed by atoms with E-state index in [0.29, 0.717) is 24.7 Å². The topological polar surface area (TPSA) is 80.1 Å². The van der Waals surface area contributed by atoms with E-state index in [1.54, 1.807) is 17.5 Å². The van der Waals surface area contributed by atoms with Crippen LogP contribution in [-0.4, -0.2) is 44.6 Å². The highest BCUT2D eigenvalue weighted by Gasteiger charge is 2.29. The molecule has 2 fully saturated rings. The number of carbonyl (C=O) groups excluding carboxylic acids is 2. The molecule has 8 heteroatoms. The van der Waals surface area contributed by atoms with Gasteiger partial charge in [-0.15, -0.1) is 11.3 Å². The number of carbonyl (C=O) groups is 2. The van der Waals surface area contributed by atoms with E-state index in [4.69, 9.17) is 0 Å². The van der Waals surface area contributed by atoms with Crippen molar-refractivity contribution in [1.82, 2.24) is 19.7 Å². The first-order valence-corrected chi connectivity index (χ1v) is 11.5. The first-order chi connectivity index (χ1) is 14.0. The molecule has 0 aromatic carbocycles. The Morgan fingerprint density at radius 3 is 2.55 bits per heavy atom. The fourth-order valence-electron chi connectivity index (χ4n) is 4.25. The summed E-state index contributed by atoms with van der Waals surface area (Å²) in [6, 6.07) is 2.06. The van der Waals surface area contributed by atoms with Gasteiger partial charge < -0.3 is 10.2 Å². The van der Waals surface area contributed by atoms with Crippen LogP contribution in [-0.2, 0) is 4.79 Å². The molecule has 1 saturated carbocycles. The van der Waals surface area contributed by atoms with E-state index >= 15 is 0 Å². The van der Waals surface area contributed by atoms with Crippen LogP contribution in [0.1, 0.15) is 79.8 Å². The second-order valence-corrected chi connectivity index (χ2v) is 9.27. The van der Waals surface area contributed by atoms with Gasteiger partial charge in [0.25, 0.3) is 5.91 Å². The van der Waals surface area contributed by atoms with Gasteiger partial charge in [-0.25, -0.2) is 9.67 Å². The molecule has 1 saturated heterocycles. The molecule has 2 aromatic heterocycles. The summed E-state index contributed by atoms with van der Waals surface area (Å²) in [5, 5.41) is 10.4. The number of hydrogen-bond acceptors (Lipinski definition) is 5. The van der Waals surface area contributed by atoms with Crippen molar-refractivity contribution in [2.45, 2.75) is 64.3 Å². The molecular formula is C21H29N5O2S. The number of thiazole rings is 1. The van der Waals surface area contributed by atoms with E-state index in [9.17, 15) is 9.59 Å². The lowest BCUT2D eigenvalue weighted by molar-refractivity contribution is -0.119. The molecule has 0 unspecified atom stereocenters. The highest BCUT2D eigenvalue weighted by Crippen LogP contribution is 2.29. The predicted molar refractivity (Wildman–Crippen MR) is 113 cm³/mol. The van der Waals surface area contributed by atoms with Crippen LogP contribution in [0.3, 0.4) is 0 Å². The molecular weight excluding hydrogens is 386 g/mol. The minimum atomic E-state index is 0.0156. The minimum absolute atomic E-state index is 0.0156. The largest absolute Gasteiger partial charge is 0.337 e. The van der Waals surface area contributed by atoms with E-state index in [-0.39, 0.29) is 23.8 Å². The molecule has 2 aromatic rings. The number of rotatable bonds is 5. The van der Waals surface area contributed by atoms with Gasteiger partial charge in [0.15, 0.2) is 0 Å². The summed E-state index contributed by atoms with van der Waals surface area (Å²) < 4.78 is 1.92. The van der Waals surface area contributed by atoms with Gasteiger partial charge >= 0.3 is 0 Å². The van der Waals surface area contributed by atoms with Crippen LogP contribution in [0.25, 0.3) is 0 Å². The maximum Gasteiger partial charge on any atom is 0.273 e. The number of hydrogen-bond donors (Lipinski definition) is 1. The Hall–Kier alpha value is -2.22. The van der Waals surface area contributed by atoms with Crippen molar-refractivity contribution < 1.29 is 9.59 Å². The molecule has 2 amide bonds. The van der Waals surface area contributed by atoms with Crippen LogP contribution in [0.4, 0.5) is 5.82 Å². The predicted octanol–water partition coefficient (Wildman–Crippen LogP) is 4.07. The zero-order valence-corrected chi connectivity index (χ0v) is 18.0.